The number of hydrogen-bond acceptors (Lipinski definition) is 4. The fourth-order valence-electron chi connectivity index (χ4n) is 4.73. The van der Waals surface area contributed by atoms with Crippen molar-refractivity contribution in [1.82, 2.24) is 4.98 Å². The van der Waals surface area contributed by atoms with Gasteiger partial charge in [-0.25, -0.2) is 4.98 Å². The van der Waals surface area contributed by atoms with Gasteiger partial charge in [-0.15, -0.1) is 0 Å². The van der Waals surface area contributed by atoms with E-state index in [0.29, 0.717) is 28.0 Å². The van der Waals surface area contributed by atoms with Gasteiger partial charge in [0.1, 0.15) is 17.5 Å². The maximum Gasteiger partial charge on any atom is 0.430 e. The van der Waals surface area contributed by atoms with Gasteiger partial charge in [-0.3, -0.25) is 0 Å². The fourth-order valence-corrected chi connectivity index (χ4v) is 5.05. The SMILES string of the molecule is CC1Cc2cc(C(O)(C(F)(F)F)C(F)(F)F)ccc2N1C(C)(c1cocn1)c1ccccc1Cl. The van der Waals surface area contributed by atoms with Gasteiger partial charge in [0, 0.05) is 27.9 Å². The molecule has 0 aliphatic carbocycles. The van der Waals surface area contributed by atoms with Crippen molar-refractivity contribution in [2.75, 3.05) is 4.90 Å². The van der Waals surface area contributed by atoms with Crippen LogP contribution in [0.25, 0.3) is 0 Å². The van der Waals surface area contributed by atoms with E-state index < -0.39 is 29.1 Å². The lowest BCUT2D eigenvalue weighted by Gasteiger charge is -2.43. The summed E-state index contributed by atoms with van der Waals surface area (Å²) in [7, 11) is 0. The summed E-state index contributed by atoms with van der Waals surface area (Å²) in [6.07, 6.45) is -9.16. The molecule has 4 nitrogen and oxygen atoms in total. The second-order valence-electron chi connectivity index (χ2n) is 8.40. The third kappa shape index (κ3) is 3.46. The van der Waals surface area contributed by atoms with Crippen molar-refractivity contribution in [1.29, 1.82) is 0 Å². The summed E-state index contributed by atoms with van der Waals surface area (Å²) in [6.45, 7) is 3.59. The molecule has 34 heavy (non-hydrogen) atoms. The van der Waals surface area contributed by atoms with Crippen molar-refractivity contribution < 1.29 is 35.9 Å². The molecule has 2 heterocycles. The molecule has 1 aliphatic heterocycles. The smallest absolute Gasteiger partial charge is 0.430 e. The Labute approximate surface area is 195 Å². The molecule has 0 amide bonds. The largest absolute Gasteiger partial charge is 0.451 e. The normalized spacial score (nSPS) is 18.6. The lowest BCUT2D eigenvalue weighted by atomic mass is 9.85. The van der Waals surface area contributed by atoms with Crippen LogP contribution in [-0.2, 0) is 17.6 Å². The minimum Gasteiger partial charge on any atom is -0.451 e. The number of benzene rings is 2. The molecule has 1 aliphatic rings. The molecule has 182 valence electrons. The molecule has 2 unspecified atom stereocenters. The van der Waals surface area contributed by atoms with Crippen LogP contribution in [0.1, 0.15) is 36.2 Å². The van der Waals surface area contributed by atoms with Crippen molar-refractivity contribution in [3.05, 3.63) is 82.5 Å². The van der Waals surface area contributed by atoms with E-state index in [1.807, 2.05) is 4.90 Å². The highest BCUT2D eigenvalue weighted by Gasteiger charge is 2.71. The van der Waals surface area contributed by atoms with Gasteiger partial charge < -0.3 is 14.4 Å². The fraction of sp³-hybridized carbons (Fsp3) is 0.348. The standard InChI is InChI=1S/C23H19ClF6N2O2/c1-13-9-14-10-15(21(33,22(25,26)27)23(28,29)30)7-8-18(14)32(13)20(2,19-11-34-12-31-19)16-5-3-4-6-17(16)24/h3-8,10-13,33H,9H2,1-2H3. The third-order valence-electron chi connectivity index (χ3n) is 6.34. The first kappa shape index (κ1) is 24.4. The number of rotatable bonds is 4. The summed E-state index contributed by atoms with van der Waals surface area (Å²) in [5.41, 5.74) is -5.66. The lowest BCUT2D eigenvalue weighted by Crippen LogP contribution is -2.54. The molecule has 0 spiro atoms. The zero-order valence-corrected chi connectivity index (χ0v) is 18.6. The highest BCUT2D eigenvalue weighted by atomic mass is 35.5. The van der Waals surface area contributed by atoms with Gasteiger partial charge in [0.2, 0.25) is 0 Å². The summed E-state index contributed by atoms with van der Waals surface area (Å²) >= 11 is 6.50. The van der Waals surface area contributed by atoms with Crippen molar-refractivity contribution in [3.63, 3.8) is 0 Å². The van der Waals surface area contributed by atoms with Crippen LogP contribution in [-0.4, -0.2) is 28.5 Å². The molecular weight excluding hydrogens is 486 g/mol. The second kappa shape index (κ2) is 7.91. The Hall–Kier alpha value is -2.72. The molecule has 0 fully saturated rings. The Morgan fingerprint density at radius 2 is 1.71 bits per heavy atom. The van der Waals surface area contributed by atoms with Crippen molar-refractivity contribution in [2.24, 2.45) is 0 Å². The summed E-state index contributed by atoms with van der Waals surface area (Å²) in [6, 6.07) is 9.15. The number of alkyl halides is 6. The van der Waals surface area contributed by atoms with Gasteiger partial charge >= 0.3 is 12.4 Å². The van der Waals surface area contributed by atoms with Crippen molar-refractivity contribution in [3.8, 4) is 0 Å². The van der Waals surface area contributed by atoms with Crippen LogP contribution >= 0.6 is 11.6 Å². The van der Waals surface area contributed by atoms with E-state index in [0.717, 1.165) is 12.1 Å². The van der Waals surface area contributed by atoms with Gasteiger partial charge in [0.15, 0.2) is 6.39 Å². The van der Waals surface area contributed by atoms with Crippen LogP contribution in [0.5, 0.6) is 0 Å². The van der Waals surface area contributed by atoms with Crippen LogP contribution in [0.4, 0.5) is 32.0 Å². The van der Waals surface area contributed by atoms with Crippen LogP contribution in [0.3, 0.4) is 0 Å². The number of halogens is 7. The molecule has 3 aromatic rings. The molecule has 0 bridgehead atoms. The lowest BCUT2D eigenvalue weighted by molar-refractivity contribution is -0.376. The van der Waals surface area contributed by atoms with Crippen molar-refractivity contribution >= 4 is 17.3 Å². The van der Waals surface area contributed by atoms with Gasteiger partial charge in [-0.05, 0) is 38.0 Å². The highest BCUT2D eigenvalue weighted by Crippen LogP contribution is 2.52. The first-order valence-corrected chi connectivity index (χ1v) is 10.5. The molecule has 11 heteroatoms. The van der Waals surface area contributed by atoms with Crippen LogP contribution < -0.4 is 4.90 Å². The Balaban J connectivity index is 1.90. The number of anilines is 1. The average molecular weight is 505 g/mol. The molecule has 2 aromatic carbocycles. The van der Waals surface area contributed by atoms with E-state index in [1.54, 1.807) is 38.1 Å². The number of oxazole rings is 1. The van der Waals surface area contributed by atoms with Crippen LogP contribution in [0, 0.1) is 0 Å². The summed E-state index contributed by atoms with van der Waals surface area (Å²) < 4.78 is 85.7. The van der Waals surface area contributed by atoms with E-state index in [2.05, 4.69) is 4.98 Å². The minimum atomic E-state index is -5.96. The monoisotopic (exact) mass is 504 g/mol. The van der Waals surface area contributed by atoms with E-state index in [-0.39, 0.29) is 18.0 Å². The van der Waals surface area contributed by atoms with Gasteiger partial charge in [-0.1, -0.05) is 41.9 Å². The van der Waals surface area contributed by atoms with Crippen LogP contribution in [0.2, 0.25) is 5.02 Å². The first-order valence-electron chi connectivity index (χ1n) is 10.1. The number of fused-ring (bicyclic) bond motifs is 1. The maximum atomic E-state index is 13.4. The number of nitrogens with zero attached hydrogens (tertiary/aromatic N) is 2. The topological polar surface area (TPSA) is 49.5 Å². The van der Waals surface area contributed by atoms with E-state index in [4.69, 9.17) is 16.0 Å². The van der Waals surface area contributed by atoms with E-state index in [9.17, 15) is 31.4 Å². The molecule has 0 saturated heterocycles. The third-order valence-corrected chi connectivity index (χ3v) is 6.67. The van der Waals surface area contributed by atoms with Gasteiger partial charge in [0.05, 0.1) is 0 Å². The molecule has 1 N–H and O–H groups in total. The second-order valence-corrected chi connectivity index (χ2v) is 8.81. The number of aliphatic hydroxyl groups is 1. The van der Waals surface area contributed by atoms with Gasteiger partial charge in [0.25, 0.3) is 5.60 Å². The molecule has 1 aromatic heterocycles. The molecule has 0 saturated carbocycles. The van der Waals surface area contributed by atoms with Crippen molar-refractivity contribution in [2.45, 2.75) is 49.8 Å². The van der Waals surface area contributed by atoms with Gasteiger partial charge in [-0.2, -0.15) is 26.3 Å². The summed E-state index contributed by atoms with van der Waals surface area (Å²) in [5, 5.41) is 10.2. The van der Waals surface area contributed by atoms with Crippen LogP contribution in [0.15, 0.2) is 59.5 Å². The zero-order chi connectivity index (χ0) is 25.1. The average Bonchev–Trinajstić information content (AvgIpc) is 3.38. The summed E-state index contributed by atoms with van der Waals surface area (Å²) in [4.78, 5) is 6.11. The quantitative estimate of drug-likeness (QED) is 0.420. The Kier molecular flexibility index (Phi) is 5.68. The predicted molar refractivity (Wildman–Crippen MR) is 113 cm³/mol. The Morgan fingerprint density at radius 3 is 2.26 bits per heavy atom. The Bertz CT molecular complexity index is 1180. The highest BCUT2D eigenvalue weighted by molar-refractivity contribution is 6.31. The molecule has 0 radical (unpaired) electrons. The molecular formula is C23H19ClF6N2O2. The van der Waals surface area contributed by atoms with E-state index >= 15 is 0 Å². The number of aromatic nitrogens is 1. The number of hydrogen-bond donors (Lipinski definition) is 1. The molecule has 4 rings (SSSR count). The first-order chi connectivity index (χ1) is 15.7. The minimum absolute atomic E-state index is 0.132. The van der Waals surface area contributed by atoms with E-state index in [1.165, 1.54) is 12.7 Å². The summed E-state index contributed by atoms with van der Waals surface area (Å²) in [5.74, 6) is 0. The predicted octanol–water partition coefficient (Wildman–Crippen LogP) is 6.35. The maximum absolute atomic E-state index is 13.4. The molecule has 2 atom stereocenters. The zero-order valence-electron chi connectivity index (χ0n) is 17.9. The Morgan fingerprint density at radius 1 is 1.06 bits per heavy atom.